The van der Waals surface area contributed by atoms with Crippen molar-refractivity contribution in [3.05, 3.63) is 144 Å². The quantitative estimate of drug-likeness (QED) is 0.146. The Labute approximate surface area is 304 Å². The van der Waals surface area contributed by atoms with Crippen molar-refractivity contribution in [2.45, 2.75) is 87.8 Å². The highest BCUT2D eigenvalue weighted by molar-refractivity contribution is 5.16. The van der Waals surface area contributed by atoms with Crippen molar-refractivity contribution in [1.29, 1.82) is 0 Å². The van der Waals surface area contributed by atoms with Crippen LogP contribution in [-0.2, 0) is 64.3 Å². The number of aliphatic hydroxyl groups is 3. The molecule has 2 aliphatic rings. The van der Waals surface area contributed by atoms with Crippen LogP contribution < -0.4 is 0 Å². The van der Waals surface area contributed by atoms with Gasteiger partial charge in [0.2, 0.25) is 0 Å². The Bertz CT molecular complexity index is 1510. The van der Waals surface area contributed by atoms with E-state index in [9.17, 15) is 15.3 Å². The van der Waals surface area contributed by atoms with E-state index in [1.165, 1.54) is 7.11 Å². The minimum absolute atomic E-state index is 0.136. The molecule has 10 atom stereocenters. The molecule has 0 amide bonds. The fraction of sp³-hybridized carbons (Fsp3) is 0.415. The second-order valence-corrected chi connectivity index (χ2v) is 12.8. The van der Waals surface area contributed by atoms with Crippen LogP contribution in [0.15, 0.2) is 121 Å². The first-order valence-electron chi connectivity index (χ1n) is 17.6. The Kier molecular flexibility index (Phi) is 14.3. The maximum Gasteiger partial charge on any atom is 0.187 e. The molecule has 0 aromatic heterocycles. The summed E-state index contributed by atoms with van der Waals surface area (Å²) in [6.07, 6.45) is -10.1. The van der Waals surface area contributed by atoms with Gasteiger partial charge in [-0.1, -0.05) is 121 Å². The Balaban J connectivity index is 1.31. The molecule has 0 bridgehead atoms. The molecule has 2 aliphatic heterocycles. The van der Waals surface area contributed by atoms with E-state index in [2.05, 4.69) is 0 Å². The first-order chi connectivity index (χ1) is 25.6. The van der Waals surface area contributed by atoms with Gasteiger partial charge in [-0.25, -0.2) is 0 Å². The Morgan fingerprint density at radius 1 is 0.462 bits per heavy atom. The van der Waals surface area contributed by atoms with E-state index in [4.69, 9.17) is 37.9 Å². The van der Waals surface area contributed by atoms with Crippen molar-refractivity contribution in [2.24, 2.45) is 0 Å². The van der Waals surface area contributed by atoms with Crippen LogP contribution in [0, 0.1) is 0 Å². The van der Waals surface area contributed by atoms with Gasteiger partial charge >= 0.3 is 0 Å². The van der Waals surface area contributed by atoms with E-state index in [-0.39, 0.29) is 26.4 Å². The molecular weight excluding hydrogens is 668 g/mol. The summed E-state index contributed by atoms with van der Waals surface area (Å²) < 4.78 is 50.8. The third kappa shape index (κ3) is 9.90. The van der Waals surface area contributed by atoms with E-state index >= 15 is 0 Å². The summed E-state index contributed by atoms with van der Waals surface area (Å²) in [5.74, 6) is 0. The summed E-state index contributed by atoms with van der Waals surface area (Å²) in [6.45, 7) is -0.168. The van der Waals surface area contributed by atoms with Gasteiger partial charge in [-0.3, -0.25) is 0 Å². The molecule has 2 fully saturated rings. The van der Waals surface area contributed by atoms with Gasteiger partial charge in [-0.2, -0.15) is 0 Å². The number of benzene rings is 4. The fourth-order valence-corrected chi connectivity index (χ4v) is 6.50. The average molecular weight is 717 g/mol. The van der Waals surface area contributed by atoms with E-state index in [1.54, 1.807) is 0 Å². The summed E-state index contributed by atoms with van der Waals surface area (Å²) in [6, 6.07) is 38.4. The average Bonchev–Trinajstić information content (AvgIpc) is 3.20. The summed E-state index contributed by atoms with van der Waals surface area (Å²) >= 11 is 0. The lowest BCUT2D eigenvalue weighted by atomic mass is 9.96. The van der Waals surface area contributed by atoms with E-state index in [1.807, 2.05) is 121 Å². The number of rotatable bonds is 17. The highest BCUT2D eigenvalue weighted by atomic mass is 16.8. The van der Waals surface area contributed by atoms with Gasteiger partial charge < -0.3 is 53.2 Å². The summed E-state index contributed by atoms with van der Waals surface area (Å²) in [5.41, 5.74) is 3.58. The van der Waals surface area contributed by atoms with Gasteiger partial charge in [-0.05, 0) is 22.3 Å². The fourth-order valence-electron chi connectivity index (χ4n) is 6.50. The van der Waals surface area contributed by atoms with Gasteiger partial charge in [-0.15, -0.1) is 0 Å². The molecule has 0 aliphatic carbocycles. The van der Waals surface area contributed by atoms with Crippen LogP contribution in [0.25, 0.3) is 0 Å². The molecular formula is C41H48O11. The number of ether oxygens (including phenoxy) is 8. The predicted molar refractivity (Wildman–Crippen MR) is 189 cm³/mol. The van der Waals surface area contributed by atoms with Crippen LogP contribution >= 0.6 is 0 Å². The summed E-state index contributed by atoms with van der Waals surface area (Å²) in [7, 11) is 1.49. The highest BCUT2D eigenvalue weighted by Crippen LogP contribution is 2.35. The lowest BCUT2D eigenvalue weighted by Gasteiger charge is -2.49. The molecule has 52 heavy (non-hydrogen) atoms. The normalized spacial score (nSPS) is 29.2. The standard InChI is InChI=1S/C41H48O11/c1-45-40-39(49-27-31-20-12-5-13-21-31)38(36(33(23-43)50-40)47-25-29-16-8-3-9-17-29)52-41-37(48-26-30-18-10-4-11-19-30)34(44)35(32(22-42)51-41)46-24-28-14-6-2-7-15-28/h2-21,32-44H,22-27H2,1H3/t32-,33+,34+,35+,36+,37+,38-,39-,40+,41+/m0/s1. The van der Waals surface area contributed by atoms with Crippen molar-refractivity contribution >= 4 is 0 Å². The number of methoxy groups -OCH3 is 1. The molecule has 0 radical (unpaired) electrons. The smallest absolute Gasteiger partial charge is 0.187 e. The minimum Gasteiger partial charge on any atom is -0.394 e. The van der Waals surface area contributed by atoms with E-state index in [0.29, 0.717) is 0 Å². The van der Waals surface area contributed by atoms with Gasteiger partial charge in [0.15, 0.2) is 12.6 Å². The van der Waals surface area contributed by atoms with Crippen LogP contribution in [0.2, 0.25) is 0 Å². The minimum atomic E-state index is -1.28. The van der Waals surface area contributed by atoms with Crippen molar-refractivity contribution in [1.82, 2.24) is 0 Å². The molecule has 278 valence electrons. The Hall–Kier alpha value is -3.56. The molecule has 6 rings (SSSR count). The lowest BCUT2D eigenvalue weighted by Crippen LogP contribution is -2.66. The van der Waals surface area contributed by atoms with E-state index in [0.717, 1.165) is 22.3 Å². The molecule has 0 saturated carbocycles. The van der Waals surface area contributed by atoms with Crippen LogP contribution in [0.1, 0.15) is 22.3 Å². The molecule has 11 nitrogen and oxygen atoms in total. The van der Waals surface area contributed by atoms with Gasteiger partial charge in [0.05, 0.1) is 39.6 Å². The van der Waals surface area contributed by atoms with E-state index < -0.39 is 74.6 Å². The van der Waals surface area contributed by atoms with Crippen LogP contribution in [0.5, 0.6) is 0 Å². The molecule has 0 spiro atoms. The van der Waals surface area contributed by atoms with Crippen molar-refractivity contribution in [3.8, 4) is 0 Å². The second kappa shape index (κ2) is 19.5. The zero-order chi connectivity index (χ0) is 36.1. The van der Waals surface area contributed by atoms with Gasteiger partial charge in [0.25, 0.3) is 0 Å². The molecule has 0 unspecified atom stereocenters. The van der Waals surface area contributed by atoms with Gasteiger partial charge in [0.1, 0.15) is 48.8 Å². The van der Waals surface area contributed by atoms with Crippen LogP contribution in [0.3, 0.4) is 0 Å². The molecule has 2 saturated heterocycles. The Morgan fingerprint density at radius 3 is 1.25 bits per heavy atom. The van der Waals surface area contributed by atoms with Crippen molar-refractivity contribution in [2.75, 3.05) is 20.3 Å². The molecule has 2 heterocycles. The van der Waals surface area contributed by atoms with Crippen molar-refractivity contribution < 1.29 is 53.2 Å². The van der Waals surface area contributed by atoms with Gasteiger partial charge in [0, 0.05) is 7.11 Å². The zero-order valence-corrected chi connectivity index (χ0v) is 29.2. The third-order valence-electron chi connectivity index (χ3n) is 9.23. The maximum atomic E-state index is 11.9. The Morgan fingerprint density at radius 2 is 0.827 bits per heavy atom. The third-order valence-corrected chi connectivity index (χ3v) is 9.23. The summed E-state index contributed by atoms with van der Waals surface area (Å²) in [5, 5.41) is 33.0. The number of aliphatic hydroxyl groups excluding tert-OH is 3. The highest BCUT2D eigenvalue weighted by Gasteiger charge is 2.53. The maximum absolute atomic E-state index is 11.9. The molecule has 4 aromatic rings. The lowest BCUT2D eigenvalue weighted by molar-refractivity contribution is -0.373. The van der Waals surface area contributed by atoms with Crippen LogP contribution in [0.4, 0.5) is 0 Å². The topological polar surface area (TPSA) is 135 Å². The molecule has 4 aromatic carbocycles. The van der Waals surface area contributed by atoms with Crippen molar-refractivity contribution in [3.63, 3.8) is 0 Å². The monoisotopic (exact) mass is 716 g/mol. The van der Waals surface area contributed by atoms with Crippen LogP contribution in [-0.4, -0.2) is 97.1 Å². The predicted octanol–water partition coefficient (Wildman–Crippen LogP) is 4.15. The first-order valence-corrected chi connectivity index (χ1v) is 17.6. The number of hydrogen-bond acceptors (Lipinski definition) is 11. The first kappa shape index (κ1) is 38.2. The largest absolute Gasteiger partial charge is 0.394 e. The SMILES string of the molecule is CO[C@@H]1O[C@H](CO)[C@@H](OCc2ccccc2)[C@H](O[C@H]2O[C@@H](CO)[C@@H](OCc3ccccc3)[C@@H](O)[C@H]2OCc2ccccc2)[C@@H]1OCc1ccccc1. The molecule has 11 heteroatoms. The zero-order valence-electron chi connectivity index (χ0n) is 29.2. The molecule has 3 N–H and O–H groups in total. The summed E-state index contributed by atoms with van der Waals surface area (Å²) in [4.78, 5) is 0. The second-order valence-electron chi connectivity index (χ2n) is 12.8. The number of hydrogen-bond donors (Lipinski definition) is 3.